The molecule has 0 spiro atoms. The maximum Gasteiger partial charge on any atom is 0.259 e. The van der Waals surface area contributed by atoms with Crippen LogP contribution in [-0.4, -0.2) is 29.9 Å². The van der Waals surface area contributed by atoms with Gasteiger partial charge in [0, 0.05) is 23.6 Å². The minimum atomic E-state index is -0.846. The summed E-state index contributed by atoms with van der Waals surface area (Å²) < 4.78 is 27.6. The van der Waals surface area contributed by atoms with Crippen LogP contribution in [0.3, 0.4) is 0 Å². The van der Waals surface area contributed by atoms with Crippen molar-refractivity contribution in [2.24, 2.45) is 5.73 Å². The van der Waals surface area contributed by atoms with Crippen LogP contribution in [0.15, 0.2) is 16.6 Å². The van der Waals surface area contributed by atoms with Gasteiger partial charge >= 0.3 is 0 Å². The van der Waals surface area contributed by atoms with Gasteiger partial charge in [-0.2, -0.15) is 0 Å². The SMILES string of the molecule is Cl.NC1CCN(C(=O)c2c(F)cc(Br)cc2F)CC1. The van der Waals surface area contributed by atoms with E-state index in [2.05, 4.69) is 15.9 Å². The van der Waals surface area contributed by atoms with Crippen molar-refractivity contribution in [3.63, 3.8) is 0 Å². The Kier molecular flexibility index (Phi) is 5.70. The van der Waals surface area contributed by atoms with Crippen molar-refractivity contribution in [2.45, 2.75) is 18.9 Å². The first-order valence-corrected chi connectivity index (χ1v) is 6.47. The Morgan fingerprint density at radius 1 is 1.26 bits per heavy atom. The van der Waals surface area contributed by atoms with Crippen molar-refractivity contribution in [3.05, 3.63) is 33.8 Å². The molecule has 0 unspecified atom stereocenters. The second-order valence-electron chi connectivity index (χ2n) is 4.37. The number of nitrogens with zero attached hydrogens (tertiary/aromatic N) is 1. The lowest BCUT2D eigenvalue weighted by atomic mass is 10.0. The molecule has 2 N–H and O–H groups in total. The number of piperidine rings is 1. The molecule has 1 amide bonds. The Hall–Kier alpha value is -0.720. The largest absolute Gasteiger partial charge is 0.338 e. The van der Waals surface area contributed by atoms with Gasteiger partial charge in [-0.15, -0.1) is 12.4 Å². The molecule has 19 heavy (non-hydrogen) atoms. The molecule has 1 heterocycles. The molecule has 1 aromatic rings. The van der Waals surface area contributed by atoms with E-state index in [9.17, 15) is 13.6 Å². The Labute approximate surface area is 124 Å². The van der Waals surface area contributed by atoms with Crippen molar-refractivity contribution in [1.29, 1.82) is 0 Å². The van der Waals surface area contributed by atoms with E-state index < -0.39 is 23.1 Å². The zero-order valence-corrected chi connectivity index (χ0v) is 12.4. The summed E-state index contributed by atoms with van der Waals surface area (Å²) in [6.07, 6.45) is 1.32. The fourth-order valence-electron chi connectivity index (χ4n) is 2.01. The molecule has 0 radical (unpaired) electrons. The number of rotatable bonds is 1. The van der Waals surface area contributed by atoms with E-state index in [0.717, 1.165) is 12.1 Å². The summed E-state index contributed by atoms with van der Waals surface area (Å²) in [5.74, 6) is -2.30. The van der Waals surface area contributed by atoms with Gasteiger partial charge in [-0.25, -0.2) is 8.78 Å². The number of benzene rings is 1. The Morgan fingerprint density at radius 3 is 2.21 bits per heavy atom. The molecule has 2 rings (SSSR count). The highest BCUT2D eigenvalue weighted by atomic mass is 79.9. The number of hydrogen-bond acceptors (Lipinski definition) is 2. The van der Waals surface area contributed by atoms with E-state index in [0.29, 0.717) is 25.9 Å². The zero-order valence-electron chi connectivity index (χ0n) is 10.0. The van der Waals surface area contributed by atoms with Gasteiger partial charge in [0.2, 0.25) is 0 Å². The molecule has 106 valence electrons. The van der Waals surface area contributed by atoms with E-state index in [-0.39, 0.29) is 22.9 Å². The van der Waals surface area contributed by atoms with Crippen LogP contribution >= 0.6 is 28.3 Å². The summed E-state index contributed by atoms with van der Waals surface area (Å²) in [6, 6.07) is 2.24. The van der Waals surface area contributed by atoms with Crippen LogP contribution in [-0.2, 0) is 0 Å². The number of carbonyl (C=O) groups excluding carboxylic acids is 1. The van der Waals surface area contributed by atoms with E-state index in [1.54, 1.807) is 0 Å². The summed E-state index contributed by atoms with van der Waals surface area (Å²) in [6.45, 7) is 0.879. The molecule has 7 heteroatoms. The van der Waals surface area contributed by atoms with E-state index in [1.165, 1.54) is 4.90 Å². The summed E-state index contributed by atoms with van der Waals surface area (Å²) >= 11 is 2.98. The van der Waals surface area contributed by atoms with Gasteiger partial charge in [0.15, 0.2) is 0 Å². The third-order valence-electron chi connectivity index (χ3n) is 3.05. The summed E-state index contributed by atoms with van der Waals surface area (Å²) in [5.41, 5.74) is 5.23. The molecule has 1 aromatic carbocycles. The first-order valence-electron chi connectivity index (χ1n) is 5.68. The van der Waals surface area contributed by atoms with Gasteiger partial charge in [-0.3, -0.25) is 4.79 Å². The van der Waals surface area contributed by atoms with Gasteiger partial charge in [0.05, 0.1) is 0 Å². The molecule has 1 aliphatic rings. The van der Waals surface area contributed by atoms with Gasteiger partial charge < -0.3 is 10.6 Å². The highest BCUT2D eigenvalue weighted by Crippen LogP contribution is 2.22. The summed E-state index contributed by atoms with van der Waals surface area (Å²) in [4.78, 5) is 13.5. The number of amides is 1. The quantitative estimate of drug-likeness (QED) is 0.842. The van der Waals surface area contributed by atoms with Gasteiger partial charge in [-0.05, 0) is 25.0 Å². The maximum absolute atomic E-state index is 13.7. The van der Waals surface area contributed by atoms with Crippen LogP contribution in [0.1, 0.15) is 23.2 Å². The normalized spacial score (nSPS) is 16.1. The average Bonchev–Trinajstić information content (AvgIpc) is 2.28. The van der Waals surface area contributed by atoms with Crippen LogP contribution in [0.25, 0.3) is 0 Å². The highest BCUT2D eigenvalue weighted by molar-refractivity contribution is 9.10. The van der Waals surface area contributed by atoms with Gasteiger partial charge in [0.1, 0.15) is 17.2 Å². The molecule has 1 saturated heterocycles. The van der Waals surface area contributed by atoms with Crippen molar-refractivity contribution < 1.29 is 13.6 Å². The fourth-order valence-corrected chi connectivity index (χ4v) is 2.41. The van der Waals surface area contributed by atoms with Crippen LogP contribution in [0.4, 0.5) is 8.78 Å². The Morgan fingerprint density at radius 2 is 1.74 bits per heavy atom. The monoisotopic (exact) mass is 354 g/mol. The molecule has 3 nitrogen and oxygen atoms in total. The molecular formula is C12H14BrClF2N2O. The van der Waals surface area contributed by atoms with E-state index >= 15 is 0 Å². The molecular weight excluding hydrogens is 341 g/mol. The molecule has 0 bridgehead atoms. The number of carbonyl (C=O) groups is 1. The molecule has 0 atom stereocenters. The third kappa shape index (κ3) is 3.64. The Balaban J connectivity index is 0.00000180. The van der Waals surface area contributed by atoms with Crippen LogP contribution in [0, 0.1) is 11.6 Å². The maximum atomic E-state index is 13.7. The molecule has 0 aromatic heterocycles. The second kappa shape index (κ2) is 6.63. The number of hydrogen-bond donors (Lipinski definition) is 1. The molecule has 0 saturated carbocycles. The lowest BCUT2D eigenvalue weighted by Gasteiger charge is -2.30. The molecule has 1 aliphatic heterocycles. The predicted molar refractivity (Wildman–Crippen MR) is 74.4 cm³/mol. The van der Waals surface area contributed by atoms with Gasteiger partial charge in [0.25, 0.3) is 5.91 Å². The molecule has 0 aliphatic carbocycles. The van der Waals surface area contributed by atoms with Crippen molar-refractivity contribution >= 4 is 34.2 Å². The third-order valence-corrected chi connectivity index (χ3v) is 3.51. The summed E-state index contributed by atoms with van der Waals surface area (Å²) in [5, 5.41) is 0. The van der Waals surface area contributed by atoms with Crippen molar-refractivity contribution in [3.8, 4) is 0 Å². The van der Waals surface area contributed by atoms with E-state index in [4.69, 9.17) is 5.73 Å². The highest BCUT2D eigenvalue weighted by Gasteiger charge is 2.26. The van der Waals surface area contributed by atoms with Crippen LogP contribution in [0.5, 0.6) is 0 Å². The first-order chi connectivity index (χ1) is 8.49. The van der Waals surface area contributed by atoms with Crippen molar-refractivity contribution in [2.75, 3.05) is 13.1 Å². The van der Waals surface area contributed by atoms with Crippen LogP contribution < -0.4 is 5.73 Å². The lowest BCUT2D eigenvalue weighted by molar-refractivity contribution is 0.0705. The average molecular weight is 356 g/mol. The van der Waals surface area contributed by atoms with Gasteiger partial charge in [-0.1, -0.05) is 15.9 Å². The lowest BCUT2D eigenvalue weighted by Crippen LogP contribution is -2.43. The van der Waals surface area contributed by atoms with Crippen molar-refractivity contribution in [1.82, 2.24) is 4.90 Å². The predicted octanol–water partition coefficient (Wildman–Crippen LogP) is 2.71. The number of likely N-dealkylation sites (tertiary alicyclic amines) is 1. The number of halogens is 4. The zero-order chi connectivity index (χ0) is 13.3. The topological polar surface area (TPSA) is 46.3 Å². The number of nitrogens with two attached hydrogens (primary N) is 1. The van der Waals surface area contributed by atoms with E-state index in [1.807, 2.05) is 0 Å². The Bertz CT molecular complexity index is 456. The smallest absolute Gasteiger partial charge is 0.259 e. The minimum Gasteiger partial charge on any atom is -0.338 e. The van der Waals surface area contributed by atoms with Crippen LogP contribution in [0.2, 0.25) is 0 Å². The molecule has 1 fully saturated rings. The second-order valence-corrected chi connectivity index (χ2v) is 5.29. The standard InChI is InChI=1S/C12H13BrF2N2O.ClH/c13-7-5-9(14)11(10(15)6-7)12(18)17-3-1-8(16)2-4-17;/h5-6,8H,1-4,16H2;1H. The summed E-state index contributed by atoms with van der Waals surface area (Å²) in [7, 11) is 0. The first kappa shape index (κ1) is 16.3. The minimum absolute atomic E-state index is 0. The fraction of sp³-hybridized carbons (Fsp3) is 0.417.